The number of esters is 1. The fourth-order valence-electron chi connectivity index (χ4n) is 6.95. The van der Waals surface area contributed by atoms with Crippen molar-refractivity contribution in [3.8, 4) is 0 Å². The Labute approximate surface area is 313 Å². The van der Waals surface area contributed by atoms with Crippen molar-refractivity contribution in [2.24, 2.45) is 17.8 Å². The van der Waals surface area contributed by atoms with E-state index in [4.69, 9.17) is 4.74 Å². The van der Waals surface area contributed by atoms with Crippen molar-refractivity contribution in [2.75, 3.05) is 19.3 Å². The predicted octanol–water partition coefficient (Wildman–Crippen LogP) is -0.729. The zero-order chi connectivity index (χ0) is 40.7. The van der Waals surface area contributed by atoms with Crippen LogP contribution < -0.4 is 26.0 Å². The molecular formula is C35H48N6O12S. The largest absolute Gasteiger partial charge is 0.479 e. The van der Waals surface area contributed by atoms with Gasteiger partial charge in [-0.15, -0.1) is 0 Å². The van der Waals surface area contributed by atoms with Gasteiger partial charge in [-0.1, -0.05) is 57.5 Å². The second-order valence-electron chi connectivity index (χ2n) is 13.8. The van der Waals surface area contributed by atoms with Gasteiger partial charge in [0, 0.05) is 63.9 Å². The molecule has 1 aliphatic carbocycles. The van der Waals surface area contributed by atoms with Crippen LogP contribution in [0.1, 0.15) is 65.9 Å². The molecular weight excluding hydrogens is 728 g/mol. The third-order valence-corrected chi connectivity index (χ3v) is 10.8. The summed E-state index contributed by atoms with van der Waals surface area (Å²) >= 11 is 0. The monoisotopic (exact) mass is 776 g/mol. The summed E-state index contributed by atoms with van der Waals surface area (Å²) in [6.45, 7) is 8.22. The number of carboxylic acid groups (broad SMARTS) is 1. The van der Waals surface area contributed by atoms with E-state index >= 15 is 0 Å². The Morgan fingerprint density at radius 3 is 2.07 bits per heavy atom. The average molecular weight is 777 g/mol. The zero-order valence-corrected chi connectivity index (χ0v) is 31.9. The van der Waals surface area contributed by atoms with E-state index < -0.39 is 111 Å². The molecule has 6 N–H and O–H groups in total. The van der Waals surface area contributed by atoms with E-state index in [0.717, 1.165) is 13.8 Å². The van der Waals surface area contributed by atoms with E-state index in [-0.39, 0.29) is 18.5 Å². The Kier molecular flexibility index (Phi) is 14.1. The molecule has 0 unspecified atom stereocenters. The third kappa shape index (κ3) is 10.2. The molecule has 19 heteroatoms. The Morgan fingerprint density at radius 2 is 1.54 bits per heavy atom. The van der Waals surface area contributed by atoms with Crippen LogP contribution in [0.2, 0.25) is 0 Å². The van der Waals surface area contributed by atoms with E-state index in [1.54, 1.807) is 55.8 Å². The number of nitrogens with zero attached hydrogens (tertiary/aromatic N) is 1. The van der Waals surface area contributed by atoms with Crippen LogP contribution in [0, 0.1) is 17.8 Å². The minimum atomic E-state index is -4.82. The number of fused-ring (bicyclic) bond motifs is 1. The molecule has 2 aliphatic rings. The van der Waals surface area contributed by atoms with Crippen LogP contribution >= 0.6 is 0 Å². The molecule has 0 spiro atoms. The number of hydrogen-bond donors (Lipinski definition) is 6. The molecule has 0 aromatic heterocycles. The maximum atomic E-state index is 14.0. The van der Waals surface area contributed by atoms with Crippen molar-refractivity contribution >= 4 is 57.4 Å². The number of carboxylic acids is 1. The summed E-state index contributed by atoms with van der Waals surface area (Å²) in [6, 6.07) is 5.96. The van der Waals surface area contributed by atoms with Crippen molar-refractivity contribution in [1.82, 2.24) is 30.9 Å². The number of amides is 6. The van der Waals surface area contributed by atoms with Crippen LogP contribution in [0.15, 0.2) is 42.1 Å². The summed E-state index contributed by atoms with van der Waals surface area (Å²) in [5.41, 5.74) is -2.01. The molecule has 1 fully saturated rings. The van der Waals surface area contributed by atoms with Gasteiger partial charge in [0.05, 0.1) is 0 Å². The highest BCUT2D eigenvalue weighted by molar-refractivity contribution is 7.90. The van der Waals surface area contributed by atoms with Gasteiger partial charge in [0.1, 0.15) is 23.9 Å². The molecule has 296 valence electrons. The number of hydrogen-bond acceptors (Lipinski definition) is 12. The molecule has 8 atom stereocenters. The molecule has 54 heavy (non-hydrogen) atoms. The minimum Gasteiger partial charge on any atom is -0.479 e. The maximum Gasteiger partial charge on any atom is 0.333 e. The van der Waals surface area contributed by atoms with Crippen molar-refractivity contribution in [1.29, 1.82) is 0 Å². The molecule has 0 saturated heterocycles. The fraction of sp³-hybridized carbons (Fsp3) is 0.543. The van der Waals surface area contributed by atoms with E-state index in [1.807, 2.05) is 0 Å². The highest BCUT2D eigenvalue weighted by Crippen LogP contribution is 2.48. The first kappa shape index (κ1) is 43.1. The lowest BCUT2D eigenvalue weighted by molar-refractivity contribution is -0.167. The van der Waals surface area contributed by atoms with Gasteiger partial charge < -0.3 is 30.7 Å². The summed E-state index contributed by atoms with van der Waals surface area (Å²) in [5, 5.41) is 20.3. The van der Waals surface area contributed by atoms with E-state index in [2.05, 4.69) is 21.3 Å². The number of ether oxygens (including phenoxy) is 1. The second kappa shape index (κ2) is 17.7. The number of imide groups is 1. The molecule has 1 aromatic rings. The van der Waals surface area contributed by atoms with Gasteiger partial charge >= 0.3 is 11.9 Å². The first-order chi connectivity index (χ1) is 25.1. The second-order valence-corrected chi connectivity index (χ2v) is 15.5. The van der Waals surface area contributed by atoms with Gasteiger partial charge in [-0.3, -0.25) is 38.8 Å². The van der Waals surface area contributed by atoms with Gasteiger partial charge in [-0.05, 0) is 17.9 Å². The minimum absolute atomic E-state index is 0.0626. The Hall–Kier alpha value is -5.33. The highest BCUT2D eigenvalue weighted by Gasteiger charge is 2.65. The number of carbonyl (C=O) groups is 8. The van der Waals surface area contributed by atoms with E-state index in [1.165, 1.54) is 25.1 Å². The van der Waals surface area contributed by atoms with Crippen molar-refractivity contribution in [3.05, 3.63) is 47.7 Å². The van der Waals surface area contributed by atoms with Crippen LogP contribution in [0.3, 0.4) is 0 Å². The molecule has 1 saturated carbocycles. The van der Waals surface area contributed by atoms with Gasteiger partial charge in [0.15, 0.2) is 5.54 Å². The highest BCUT2D eigenvalue weighted by atomic mass is 32.2. The quantitative estimate of drug-likeness (QED) is 0.120. The standard InChI is InChI=1S/C35H48N6O12S/c1-8-18(2)29(36-20(4)42)32(47)40-54(51,52)17-28(45)39-35(34(49)50)26-16-41(7)15-25(31(46)38-22(6)44)24(26)14-27(35)53-33(48)30(37-21(5)43)19(3)23-12-10-9-11-13-23/h9-13,15,18-19,24,26-27,29-30H,8,14,16-17H2,1-7H3,(H,36,42)(H,37,43)(H,39,45)(H,40,47)(H,49,50)(H,38,44,46)/t18-,19-,24-,26+,27-,29-,30-,35+/m0/s1. The Bertz CT molecular complexity index is 1800. The molecule has 1 heterocycles. The van der Waals surface area contributed by atoms with Gasteiger partial charge in [-0.2, -0.15) is 0 Å². The van der Waals surface area contributed by atoms with Gasteiger partial charge in [-0.25, -0.2) is 18.0 Å². The van der Waals surface area contributed by atoms with Crippen LogP contribution in [0.5, 0.6) is 0 Å². The lowest BCUT2D eigenvalue weighted by Gasteiger charge is -2.41. The zero-order valence-electron chi connectivity index (χ0n) is 31.1. The topological polar surface area (TPSA) is 264 Å². The first-order valence-electron chi connectivity index (χ1n) is 17.3. The summed E-state index contributed by atoms with van der Waals surface area (Å²) in [5.74, 6) is -13.1. The number of benzene rings is 1. The number of sulfonamides is 1. The third-order valence-electron chi connectivity index (χ3n) is 9.67. The molecule has 18 nitrogen and oxygen atoms in total. The smallest absolute Gasteiger partial charge is 0.333 e. The van der Waals surface area contributed by atoms with Crippen LogP contribution in [0.25, 0.3) is 0 Å². The molecule has 6 amide bonds. The Morgan fingerprint density at radius 1 is 0.944 bits per heavy atom. The van der Waals surface area contributed by atoms with Crippen LogP contribution in [-0.4, -0.2) is 109 Å². The van der Waals surface area contributed by atoms with Gasteiger partial charge in [0.2, 0.25) is 33.7 Å². The molecule has 0 bridgehead atoms. The van der Waals surface area contributed by atoms with E-state index in [9.17, 15) is 51.9 Å². The molecule has 1 aromatic carbocycles. The van der Waals surface area contributed by atoms with Crippen molar-refractivity contribution < 1.29 is 56.6 Å². The predicted molar refractivity (Wildman–Crippen MR) is 191 cm³/mol. The van der Waals surface area contributed by atoms with Crippen molar-refractivity contribution in [3.63, 3.8) is 0 Å². The Balaban J connectivity index is 2.06. The SMILES string of the molecule is CC[C@H](C)[C@H](NC(C)=O)C(=O)NS(=O)(=O)CC(=O)N[C@@]1(C(=O)O)[C@@H](OC(=O)[C@@H](NC(C)=O)[C@@H](C)c2ccccc2)C[C@H]2C(C(=O)NC(C)=O)=CN(C)C[C@H]21. The van der Waals surface area contributed by atoms with Crippen molar-refractivity contribution in [2.45, 2.75) is 84.0 Å². The number of nitrogens with one attached hydrogen (secondary N) is 5. The fourth-order valence-corrected chi connectivity index (χ4v) is 7.88. The maximum absolute atomic E-state index is 14.0. The number of rotatable bonds is 15. The lowest BCUT2D eigenvalue weighted by Crippen LogP contribution is -2.67. The first-order valence-corrected chi connectivity index (χ1v) is 18.9. The van der Waals surface area contributed by atoms with Gasteiger partial charge in [0.25, 0.3) is 11.8 Å². The van der Waals surface area contributed by atoms with Crippen LogP contribution in [0.4, 0.5) is 0 Å². The molecule has 1 aliphatic heterocycles. The van der Waals surface area contributed by atoms with E-state index in [0.29, 0.717) is 12.0 Å². The van der Waals surface area contributed by atoms with Crippen LogP contribution in [-0.2, 0) is 53.1 Å². The average Bonchev–Trinajstić information content (AvgIpc) is 3.36. The molecule has 0 radical (unpaired) electrons. The summed E-state index contributed by atoms with van der Waals surface area (Å²) < 4.78 is 34.0. The number of carbonyl (C=O) groups excluding carboxylic acids is 7. The normalized spacial score (nSPS) is 22.8. The summed E-state index contributed by atoms with van der Waals surface area (Å²) in [6.07, 6.45) is -0.367. The summed E-state index contributed by atoms with van der Waals surface area (Å²) in [4.78, 5) is 105. The lowest BCUT2D eigenvalue weighted by atomic mass is 9.77. The molecule has 3 rings (SSSR count). The summed E-state index contributed by atoms with van der Waals surface area (Å²) in [7, 11) is -3.32. The number of aliphatic carboxylic acids is 1.